The van der Waals surface area contributed by atoms with Gasteiger partial charge < -0.3 is 14.2 Å². The van der Waals surface area contributed by atoms with Crippen molar-refractivity contribution in [1.29, 1.82) is 0 Å². The van der Waals surface area contributed by atoms with Crippen molar-refractivity contribution in [1.82, 2.24) is 0 Å². The van der Waals surface area contributed by atoms with Crippen LogP contribution in [0.25, 0.3) is 0 Å². The largest absolute Gasteiger partial charge is 0.462 e. The van der Waals surface area contributed by atoms with E-state index in [4.69, 9.17) is 14.2 Å². The fraction of sp³-hybridized carbons (Fsp3) is 0.623. The molecule has 0 N–H and O–H groups in total. The van der Waals surface area contributed by atoms with Crippen LogP contribution in [0.2, 0.25) is 0 Å². The van der Waals surface area contributed by atoms with Gasteiger partial charge in [-0.2, -0.15) is 0 Å². The highest BCUT2D eigenvalue weighted by atomic mass is 16.6. The zero-order chi connectivity index (χ0) is 59.9. The average molecular weight is 1150 g/mol. The van der Waals surface area contributed by atoms with Gasteiger partial charge in [0.05, 0.1) is 0 Å². The SMILES string of the molecule is CC/C=C\C/C=C\C/C=C\C/C=C\C/C=C\C/C=C\C/C=C\C/C=C\C/C=C\CCCCCC(=O)OCC(COC(=O)CCCC/C=C\C/C=C\C/C=C\C/C=C\CC)OC(=O)CCCCCCCCCCCCCCCCCCCCC. The summed E-state index contributed by atoms with van der Waals surface area (Å²) in [5.41, 5.74) is 0. The van der Waals surface area contributed by atoms with Gasteiger partial charge in [0.1, 0.15) is 13.2 Å². The summed E-state index contributed by atoms with van der Waals surface area (Å²) in [4.78, 5) is 38.4. The molecule has 1 atom stereocenters. The highest BCUT2D eigenvalue weighted by molar-refractivity contribution is 5.71. The van der Waals surface area contributed by atoms with Crippen LogP contribution in [0.5, 0.6) is 0 Å². The van der Waals surface area contributed by atoms with Gasteiger partial charge in [-0.15, -0.1) is 0 Å². The molecule has 6 nitrogen and oxygen atoms in total. The highest BCUT2D eigenvalue weighted by Crippen LogP contribution is 2.16. The van der Waals surface area contributed by atoms with Crippen molar-refractivity contribution in [2.45, 2.75) is 297 Å². The minimum absolute atomic E-state index is 0.113. The number of rotatable bonds is 60. The molecule has 0 aromatic heterocycles. The lowest BCUT2D eigenvalue weighted by molar-refractivity contribution is -0.167. The molecule has 0 aliphatic carbocycles. The van der Waals surface area contributed by atoms with E-state index in [1.54, 1.807) is 0 Å². The molecule has 0 saturated heterocycles. The summed E-state index contributed by atoms with van der Waals surface area (Å²) >= 11 is 0. The Kier molecular flexibility index (Phi) is 65.4. The average Bonchev–Trinajstić information content (AvgIpc) is 3.49. The highest BCUT2D eigenvalue weighted by Gasteiger charge is 2.19. The number of hydrogen-bond donors (Lipinski definition) is 0. The Morgan fingerprint density at radius 1 is 0.253 bits per heavy atom. The second-order valence-corrected chi connectivity index (χ2v) is 22.0. The monoisotopic (exact) mass is 1140 g/mol. The van der Waals surface area contributed by atoms with E-state index in [1.165, 1.54) is 103 Å². The summed E-state index contributed by atoms with van der Waals surface area (Å²) in [6.45, 7) is 6.36. The predicted molar refractivity (Wildman–Crippen MR) is 362 cm³/mol. The summed E-state index contributed by atoms with van der Waals surface area (Å²) in [5.74, 6) is -0.980. The first-order valence-corrected chi connectivity index (χ1v) is 34.0. The van der Waals surface area contributed by atoms with Gasteiger partial charge in [0, 0.05) is 19.3 Å². The number of carbonyl (C=O) groups is 3. The van der Waals surface area contributed by atoms with Gasteiger partial charge in [-0.3, -0.25) is 14.4 Å². The molecule has 0 heterocycles. The number of hydrogen-bond acceptors (Lipinski definition) is 6. The van der Waals surface area contributed by atoms with E-state index in [2.05, 4.69) is 179 Å². The molecule has 1 unspecified atom stereocenters. The molecule has 0 rings (SSSR count). The summed E-state index contributed by atoms with van der Waals surface area (Å²) in [5, 5.41) is 0. The minimum Gasteiger partial charge on any atom is -0.462 e. The molecular weight excluding hydrogens is 1020 g/mol. The molecule has 83 heavy (non-hydrogen) atoms. The van der Waals surface area contributed by atoms with Gasteiger partial charge in [-0.1, -0.05) is 301 Å². The van der Waals surface area contributed by atoms with Crippen molar-refractivity contribution in [2.75, 3.05) is 13.2 Å². The predicted octanol–water partition coefficient (Wildman–Crippen LogP) is 23.7. The first-order chi connectivity index (χ1) is 41.0. The zero-order valence-electron chi connectivity index (χ0n) is 53.7. The van der Waals surface area contributed by atoms with Gasteiger partial charge in [0.2, 0.25) is 0 Å². The standard InChI is InChI=1S/C77H124O6/c1-4-7-10-13-16-19-22-25-28-30-32-33-34-35-36-37-38-39-40-41-42-43-45-46-49-52-55-58-61-64-67-70-76(79)82-73-74(72-81-75(78)69-66-63-60-57-54-51-48-27-24-21-18-15-12-9-6-3)83-77(80)71-68-65-62-59-56-53-50-47-44-31-29-26-23-20-17-14-11-8-5-2/h7,9-10,12,16,18-19,21,25,27-28,32-33,35-36,38-39,41-42,45-46,48,52,54-55,57,74H,4-6,8,11,13-15,17,20,22-24,26,29-31,34,37,40,43-44,47,49-51,53,56,58-73H2,1-3H3/b10-7-,12-9-,19-16-,21-18-,28-25-,33-32-,36-35-,39-38-,42-41-,46-45-,48-27-,55-52-,57-54-. The fourth-order valence-corrected chi connectivity index (χ4v) is 9.01. The molecule has 0 bridgehead atoms. The molecule has 0 aromatic rings. The number of carbonyl (C=O) groups excluding carboxylic acids is 3. The van der Waals surface area contributed by atoms with E-state index >= 15 is 0 Å². The quantitative estimate of drug-likeness (QED) is 0.0261. The summed E-state index contributed by atoms with van der Waals surface area (Å²) in [7, 11) is 0. The Morgan fingerprint density at radius 3 is 0.759 bits per heavy atom. The smallest absolute Gasteiger partial charge is 0.306 e. The summed E-state index contributed by atoms with van der Waals surface area (Å²) in [6, 6.07) is 0. The van der Waals surface area contributed by atoms with E-state index in [-0.39, 0.29) is 31.1 Å². The van der Waals surface area contributed by atoms with Crippen LogP contribution >= 0.6 is 0 Å². The molecule has 6 heteroatoms. The van der Waals surface area contributed by atoms with Crippen LogP contribution in [-0.2, 0) is 28.6 Å². The van der Waals surface area contributed by atoms with Gasteiger partial charge in [0.25, 0.3) is 0 Å². The van der Waals surface area contributed by atoms with Gasteiger partial charge in [-0.25, -0.2) is 0 Å². The van der Waals surface area contributed by atoms with Crippen molar-refractivity contribution in [2.24, 2.45) is 0 Å². The van der Waals surface area contributed by atoms with E-state index < -0.39 is 6.10 Å². The van der Waals surface area contributed by atoms with Gasteiger partial charge in [-0.05, 0) is 128 Å². The third-order valence-electron chi connectivity index (χ3n) is 14.0. The van der Waals surface area contributed by atoms with Crippen LogP contribution < -0.4 is 0 Å². The Hall–Kier alpha value is -4.97. The third kappa shape index (κ3) is 67.7. The first kappa shape index (κ1) is 78.0. The number of esters is 3. The normalized spacial score (nSPS) is 13.1. The van der Waals surface area contributed by atoms with Crippen molar-refractivity contribution in [3.63, 3.8) is 0 Å². The second-order valence-electron chi connectivity index (χ2n) is 22.0. The Bertz CT molecular complexity index is 1840. The van der Waals surface area contributed by atoms with Crippen molar-refractivity contribution < 1.29 is 28.6 Å². The lowest BCUT2D eigenvalue weighted by Crippen LogP contribution is -2.30. The minimum atomic E-state index is -0.816. The number of allylic oxidation sites excluding steroid dienone is 26. The molecule has 0 aliphatic rings. The lowest BCUT2D eigenvalue weighted by atomic mass is 10.0. The maximum Gasteiger partial charge on any atom is 0.306 e. The van der Waals surface area contributed by atoms with Crippen LogP contribution in [0.3, 0.4) is 0 Å². The Labute approximate surface area is 511 Å². The van der Waals surface area contributed by atoms with Crippen LogP contribution in [-0.4, -0.2) is 37.2 Å². The van der Waals surface area contributed by atoms with Crippen LogP contribution in [0.4, 0.5) is 0 Å². The van der Waals surface area contributed by atoms with Crippen LogP contribution in [0.1, 0.15) is 290 Å². The van der Waals surface area contributed by atoms with Crippen molar-refractivity contribution in [3.8, 4) is 0 Å². The zero-order valence-corrected chi connectivity index (χ0v) is 53.7. The topological polar surface area (TPSA) is 78.9 Å². The summed E-state index contributed by atoms with van der Waals surface area (Å²) in [6.07, 6.45) is 101. The van der Waals surface area contributed by atoms with Crippen LogP contribution in [0.15, 0.2) is 158 Å². The number of ether oxygens (including phenoxy) is 3. The summed E-state index contributed by atoms with van der Waals surface area (Å²) < 4.78 is 16.9. The van der Waals surface area contributed by atoms with Crippen LogP contribution in [0, 0.1) is 0 Å². The molecule has 468 valence electrons. The molecular formula is C77H124O6. The van der Waals surface area contributed by atoms with E-state index in [9.17, 15) is 14.4 Å². The van der Waals surface area contributed by atoms with Crippen molar-refractivity contribution in [3.05, 3.63) is 158 Å². The van der Waals surface area contributed by atoms with Crippen molar-refractivity contribution >= 4 is 17.9 Å². The maximum atomic E-state index is 12.9. The molecule has 0 saturated carbocycles. The van der Waals surface area contributed by atoms with E-state index in [0.717, 1.165) is 141 Å². The number of unbranched alkanes of at least 4 members (excludes halogenated alkanes) is 23. The molecule has 0 radical (unpaired) electrons. The fourth-order valence-electron chi connectivity index (χ4n) is 9.01. The molecule has 0 spiro atoms. The molecule has 0 aliphatic heterocycles. The maximum absolute atomic E-state index is 12.9. The van der Waals surface area contributed by atoms with Gasteiger partial charge in [0.15, 0.2) is 6.10 Å². The second kappa shape index (κ2) is 69.5. The lowest BCUT2D eigenvalue weighted by Gasteiger charge is -2.18. The van der Waals surface area contributed by atoms with E-state index in [1.807, 2.05) is 0 Å². The van der Waals surface area contributed by atoms with Gasteiger partial charge >= 0.3 is 17.9 Å². The Morgan fingerprint density at radius 2 is 0.470 bits per heavy atom. The molecule has 0 aromatic carbocycles. The molecule has 0 amide bonds. The first-order valence-electron chi connectivity index (χ1n) is 34.0. The molecule has 0 fully saturated rings. The third-order valence-corrected chi connectivity index (χ3v) is 14.0. The van der Waals surface area contributed by atoms with E-state index in [0.29, 0.717) is 25.7 Å². The Balaban J connectivity index is 4.44.